The summed E-state index contributed by atoms with van der Waals surface area (Å²) < 4.78 is 0.903. The lowest BCUT2D eigenvalue weighted by Gasteiger charge is -2.35. The minimum atomic E-state index is -1.75. The summed E-state index contributed by atoms with van der Waals surface area (Å²) in [5.41, 5.74) is 0. The van der Waals surface area contributed by atoms with Crippen LogP contribution in [0.3, 0.4) is 0 Å². The average Bonchev–Trinajstić information content (AvgIpc) is 2.18. The van der Waals surface area contributed by atoms with Crippen molar-refractivity contribution in [2.24, 2.45) is 0 Å². The molecule has 0 aliphatic heterocycles. The fourth-order valence-corrected chi connectivity index (χ4v) is 1.54. The molecule has 96 valence electrons. The third kappa shape index (κ3) is 10.4. The Labute approximate surface area is 102 Å². The van der Waals surface area contributed by atoms with Crippen molar-refractivity contribution in [1.29, 1.82) is 0 Å². The number of quaternary nitrogens is 1. The van der Waals surface area contributed by atoms with Crippen molar-refractivity contribution in [3.8, 4) is 0 Å². The molecule has 0 aromatic heterocycles. The van der Waals surface area contributed by atoms with Gasteiger partial charge in [-0.05, 0) is 24.3 Å². The van der Waals surface area contributed by atoms with E-state index in [9.17, 15) is 0 Å². The molecule has 0 unspecified atom stereocenters. The van der Waals surface area contributed by atoms with Crippen LogP contribution in [-0.4, -0.2) is 35.7 Å². The van der Waals surface area contributed by atoms with Crippen molar-refractivity contribution >= 4 is 0 Å². The molecular weight excluding hydrogens is 220 g/mol. The van der Waals surface area contributed by atoms with Gasteiger partial charge in [-0.1, -0.05) is 26.3 Å². The summed E-state index contributed by atoms with van der Waals surface area (Å²) in [5, 5.41) is 14.8. The monoisotopic (exact) mass is 240 g/mol. The quantitative estimate of drug-likeness (QED) is 0.283. The standard InChI is InChI=1S/C12H20N.NO3/c1-5-9-13(10-6-2,11-7-3)12-8-4;2-1(3)4/h5-8H,1-4,9-12H2;/q+1;-1. The van der Waals surface area contributed by atoms with E-state index in [1.807, 2.05) is 24.3 Å². The summed E-state index contributed by atoms with van der Waals surface area (Å²) in [6.07, 6.45) is 7.76. The van der Waals surface area contributed by atoms with Gasteiger partial charge < -0.3 is 19.8 Å². The molecule has 0 aromatic carbocycles. The summed E-state index contributed by atoms with van der Waals surface area (Å²) in [4.78, 5) is 8.25. The normalized spacial score (nSPS) is 9.41. The molecule has 5 heteroatoms. The molecule has 0 radical (unpaired) electrons. The molecule has 0 atom stereocenters. The summed E-state index contributed by atoms with van der Waals surface area (Å²) in [5.74, 6) is 0. The topological polar surface area (TPSA) is 66.2 Å². The maximum atomic E-state index is 8.25. The largest absolute Gasteiger partial charge is 0.356 e. The average molecular weight is 240 g/mol. The van der Waals surface area contributed by atoms with Gasteiger partial charge in [0.15, 0.2) is 0 Å². The predicted octanol–water partition coefficient (Wildman–Crippen LogP) is 2.31. The lowest BCUT2D eigenvalue weighted by atomic mass is 10.3. The van der Waals surface area contributed by atoms with E-state index < -0.39 is 5.09 Å². The van der Waals surface area contributed by atoms with Gasteiger partial charge in [0, 0.05) is 0 Å². The van der Waals surface area contributed by atoms with E-state index in [-0.39, 0.29) is 0 Å². The summed E-state index contributed by atoms with van der Waals surface area (Å²) in [7, 11) is 0. The molecule has 0 rings (SSSR count). The second-order valence-electron chi connectivity index (χ2n) is 3.45. The highest BCUT2D eigenvalue weighted by Crippen LogP contribution is 2.07. The highest BCUT2D eigenvalue weighted by atomic mass is 16.9. The maximum Gasteiger partial charge on any atom is 0.0978 e. The van der Waals surface area contributed by atoms with E-state index in [4.69, 9.17) is 15.3 Å². The molecule has 0 bridgehead atoms. The van der Waals surface area contributed by atoms with Crippen LogP contribution < -0.4 is 0 Å². The van der Waals surface area contributed by atoms with Gasteiger partial charge in [-0.15, -0.1) is 0 Å². The lowest BCUT2D eigenvalue weighted by molar-refractivity contribution is -0.906. The SMILES string of the molecule is C=CC[N+](CC=C)(CC=C)CC=C.O=[N+]([O-])[O-]. The highest BCUT2D eigenvalue weighted by Gasteiger charge is 2.20. The molecule has 0 aliphatic carbocycles. The number of hydrogen-bond donors (Lipinski definition) is 0. The van der Waals surface area contributed by atoms with Crippen molar-refractivity contribution in [3.05, 3.63) is 65.9 Å². The zero-order valence-electron chi connectivity index (χ0n) is 10.1. The Morgan fingerprint density at radius 1 is 0.824 bits per heavy atom. The molecule has 0 N–H and O–H groups in total. The molecule has 0 fully saturated rings. The van der Waals surface area contributed by atoms with Crippen LogP contribution in [-0.2, 0) is 0 Å². The molecule has 0 saturated carbocycles. The van der Waals surface area contributed by atoms with Crippen molar-refractivity contribution in [2.75, 3.05) is 26.2 Å². The van der Waals surface area contributed by atoms with Crippen LogP contribution in [0.4, 0.5) is 0 Å². The second-order valence-corrected chi connectivity index (χ2v) is 3.45. The molecule has 0 aromatic rings. The minimum Gasteiger partial charge on any atom is -0.356 e. The molecule has 0 amide bonds. The van der Waals surface area contributed by atoms with Crippen molar-refractivity contribution in [2.45, 2.75) is 0 Å². The van der Waals surface area contributed by atoms with Gasteiger partial charge in [-0.2, -0.15) is 0 Å². The van der Waals surface area contributed by atoms with Gasteiger partial charge >= 0.3 is 0 Å². The Bertz CT molecular complexity index is 225. The van der Waals surface area contributed by atoms with Crippen LogP contribution in [0, 0.1) is 15.3 Å². The molecule has 0 aliphatic rings. The first kappa shape index (κ1) is 17.5. The molecule has 0 heterocycles. The van der Waals surface area contributed by atoms with Crippen LogP contribution in [0.5, 0.6) is 0 Å². The Balaban J connectivity index is 0. The molecule has 5 nitrogen and oxygen atoms in total. The van der Waals surface area contributed by atoms with E-state index in [1.165, 1.54) is 0 Å². The van der Waals surface area contributed by atoms with Crippen LogP contribution in [0.1, 0.15) is 0 Å². The third-order valence-corrected chi connectivity index (χ3v) is 2.07. The fourth-order valence-electron chi connectivity index (χ4n) is 1.54. The number of hydrogen-bond acceptors (Lipinski definition) is 3. The van der Waals surface area contributed by atoms with Crippen molar-refractivity contribution in [1.82, 2.24) is 0 Å². The Kier molecular flexibility index (Phi) is 11.0. The van der Waals surface area contributed by atoms with Crippen molar-refractivity contribution < 1.29 is 9.57 Å². The Morgan fingerprint density at radius 3 is 1.12 bits per heavy atom. The summed E-state index contributed by atoms with van der Waals surface area (Å²) >= 11 is 0. The van der Waals surface area contributed by atoms with E-state index in [2.05, 4.69) is 26.3 Å². The van der Waals surface area contributed by atoms with E-state index in [1.54, 1.807) is 0 Å². The Hall–Kier alpha value is -1.88. The predicted molar refractivity (Wildman–Crippen MR) is 70.9 cm³/mol. The molecule has 17 heavy (non-hydrogen) atoms. The summed E-state index contributed by atoms with van der Waals surface area (Å²) in [6, 6.07) is 0. The first-order chi connectivity index (χ1) is 7.97. The van der Waals surface area contributed by atoms with E-state index >= 15 is 0 Å². The van der Waals surface area contributed by atoms with Gasteiger partial charge in [0.25, 0.3) is 0 Å². The lowest BCUT2D eigenvalue weighted by Crippen LogP contribution is -2.48. The Morgan fingerprint density at radius 2 is 1.00 bits per heavy atom. The minimum absolute atomic E-state index is 0.903. The molecule has 0 saturated heterocycles. The smallest absolute Gasteiger partial charge is 0.0978 e. The van der Waals surface area contributed by atoms with Gasteiger partial charge in [0.05, 0.1) is 31.3 Å². The van der Waals surface area contributed by atoms with Gasteiger partial charge in [0.1, 0.15) is 0 Å². The zero-order valence-corrected chi connectivity index (χ0v) is 10.1. The zero-order chi connectivity index (χ0) is 13.7. The van der Waals surface area contributed by atoms with Crippen molar-refractivity contribution in [3.63, 3.8) is 0 Å². The van der Waals surface area contributed by atoms with E-state index in [0.717, 1.165) is 30.7 Å². The molecule has 0 spiro atoms. The highest BCUT2D eigenvalue weighted by molar-refractivity contribution is 4.79. The van der Waals surface area contributed by atoms with Crippen LogP contribution in [0.2, 0.25) is 0 Å². The fraction of sp³-hybridized carbons (Fsp3) is 0.333. The maximum absolute atomic E-state index is 8.25. The van der Waals surface area contributed by atoms with Gasteiger partial charge in [-0.3, -0.25) is 0 Å². The summed E-state index contributed by atoms with van der Waals surface area (Å²) in [6.45, 7) is 18.8. The van der Waals surface area contributed by atoms with Crippen LogP contribution >= 0.6 is 0 Å². The first-order valence-corrected chi connectivity index (χ1v) is 5.08. The van der Waals surface area contributed by atoms with Gasteiger partial charge in [0.2, 0.25) is 0 Å². The molecular formula is C12H20N2O3. The van der Waals surface area contributed by atoms with Crippen LogP contribution in [0.15, 0.2) is 50.6 Å². The third-order valence-electron chi connectivity index (χ3n) is 2.07. The van der Waals surface area contributed by atoms with Gasteiger partial charge in [-0.25, -0.2) is 0 Å². The number of rotatable bonds is 8. The second kappa shape index (κ2) is 10.6. The number of nitrogens with zero attached hydrogens (tertiary/aromatic N) is 2. The van der Waals surface area contributed by atoms with E-state index in [0.29, 0.717) is 0 Å². The first-order valence-electron chi connectivity index (χ1n) is 5.08. The van der Waals surface area contributed by atoms with Crippen LogP contribution in [0.25, 0.3) is 0 Å².